The van der Waals surface area contributed by atoms with Gasteiger partial charge in [0.25, 0.3) is 5.56 Å². The first-order valence-electron chi connectivity index (χ1n) is 10.1. The van der Waals surface area contributed by atoms with Crippen LogP contribution in [0.1, 0.15) is 62.9 Å². The van der Waals surface area contributed by atoms with Crippen molar-refractivity contribution < 1.29 is 14.7 Å². The van der Waals surface area contributed by atoms with Crippen LogP contribution in [0.25, 0.3) is 5.52 Å². The summed E-state index contributed by atoms with van der Waals surface area (Å²) in [5.74, 6) is 0.725. The maximum Gasteiger partial charge on any atom is 0.407 e. The van der Waals surface area contributed by atoms with Crippen LogP contribution < -0.4 is 10.9 Å². The lowest BCUT2D eigenvalue weighted by Crippen LogP contribution is -2.50. The molecule has 0 unspecified atom stereocenters. The number of nitrogens with one attached hydrogen (secondary N) is 1. The Hall–Kier alpha value is -2.91. The second-order valence-electron chi connectivity index (χ2n) is 8.25. The molecule has 4 rings (SSSR count). The molecule has 156 valence electrons. The number of fused-ring (bicyclic) bond motifs is 1. The van der Waals surface area contributed by atoms with Gasteiger partial charge in [-0.15, -0.1) is 0 Å². The van der Waals surface area contributed by atoms with Gasteiger partial charge in [-0.25, -0.2) is 14.0 Å². The molecule has 2 aromatic heterocycles. The van der Waals surface area contributed by atoms with Gasteiger partial charge in [-0.1, -0.05) is 13.8 Å². The third kappa shape index (κ3) is 3.96. The molecule has 0 radical (unpaired) electrons. The van der Waals surface area contributed by atoms with Gasteiger partial charge >= 0.3 is 6.09 Å². The van der Waals surface area contributed by atoms with Crippen LogP contribution in [-0.4, -0.2) is 60.5 Å². The van der Waals surface area contributed by atoms with Crippen molar-refractivity contribution in [1.29, 1.82) is 0 Å². The number of carbonyl (C=O) groups excluding carboxylic acids is 1. The molecular formula is C19H26N6O4. The van der Waals surface area contributed by atoms with E-state index in [4.69, 9.17) is 5.11 Å². The summed E-state index contributed by atoms with van der Waals surface area (Å²) in [4.78, 5) is 37.9. The molecule has 3 heterocycles. The first kappa shape index (κ1) is 19.4. The average Bonchev–Trinajstić information content (AvgIpc) is 3.42. The maximum absolute atomic E-state index is 12.9. The number of rotatable bonds is 5. The molecule has 2 N–H and O–H groups in total. The molecule has 2 aromatic rings. The van der Waals surface area contributed by atoms with Crippen molar-refractivity contribution in [2.75, 3.05) is 13.1 Å². The van der Waals surface area contributed by atoms with Gasteiger partial charge in [-0.05, 0) is 31.7 Å². The molecule has 1 aliphatic carbocycles. The molecule has 0 aromatic carbocycles. The highest BCUT2D eigenvalue weighted by Gasteiger charge is 2.29. The van der Waals surface area contributed by atoms with E-state index in [0.717, 1.165) is 18.5 Å². The standard InChI is InChI=1S/C19H26N6O4/c1-11(2)17-22-24(18(27)15-8-14(12-5-6-12)21-25(15)17)10-16(26)20-13-4-3-7-23(9-13)19(28)29/h8,11-13H,3-7,9-10H2,1-2H3,(H,20,26)(H,28,29)/t13-/m1/s1. The minimum Gasteiger partial charge on any atom is -0.465 e. The highest BCUT2D eigenvalue weighted by atomic mass is 16.4. The van der Waals surface area contributed by atoms with Crippen molar-refractivity contribution in [3.8, 4) is 0 Å². The molecule has 2 fully saturated rings. The number of piperidine rings is 1. The van der Waals surface area contributed by atoms with E-state index >= 15 is 0 Å². The van der Waals surface area contributed by atoms with Crippen LogP contribution in [0.15, 0.2) is 10.9 Å². The first-order valence-corrected chi connectivity index (χ1v) is 10.1. The Morgan fingerprint density at radius 1 is 1.28 bits per heavy atom. The summed E-state index contributed by atoms with van der Waals surface area (Å²) in [6.07, 6.45) is 2.58. The Bertz CT molecular complexity index is 1010. The Morgan fingerprint density at radius 3 is 2.69 bits per heavy atom. The van der Waals surface area contributed by atoms with Gasteiger partial charge in [0.05, 0.1) is 5.69 Å². The molecule has 2 amide bonds. The smallest absolute Gasteiger partial charge is 0.407 e. The van der Waals surface area contributed by atoms with E-state index in [1.54, 1.807) is 4.52 Å². The Morgan fingerprint density at radius 2 is 2.03 bits per heavy atom. The van der Waals surface area contributed by atoms with Crippen LogP contribution in [0.4, 0.5) is 4.79 Å². The summed E-state index contributed by atoms with van der Waals surface area (Å²) in [6, 6.07) is 1.56. The van der Waals surface area contributed by atoms with Crippen LogP contribution in [0.2, 0.25) is 0 Å². The van der Waals surface area contributed by atoms with Crippen LogP contribution in [0, 0.1) is 0 Å². The van der Waals surface area contributed by atoms with Crippen LogP contribution in [0.3, 0.4) is 0 Å². The number of likely N-dealkylation sites (tertiary alicyclic amines) is 1. The zero-order valence-corrected chi connectivity index (χ0v) is 16.7. The molecular weight excluding hydrogens is 376 g/mol. The van der Waals surface area contributed by atoms with E-state index in [1.807, 2.05) is 19.9 Å². The fourth-order valence-corrected chi connectivity index (χ4v) is 3.79. The van der Waals surface area contributed by atoms with Crippen LogP contribution in [0.5, 0.6) is 0 Å². The van der Waals surface area contributed by atoms with E-state index in [2.05, 4.69) is 15.5 Å². The lowest BCUT2D eigenvalue weighted by Gasteiger charge is -2.31. The molecule has 10 nitrogen and oxygen atoms in total. The largest absolute Gasteiger partial charge is 0.465 e. The van der Waals surface area contributed by atoms with Crippen LogP contribution >= 0.6 is 0 Å². The number of hydrogen-bond donors (Lipinski definition) is 2. The summed E-state index contributed by atoms with van der Waals surface area (Å²) in [7, 11) is 0. The van der Waals surface area contributed by atoms with Crippen molar-refractivity contribution in [3.05, 3.63) is 27.9 Å². The lowest BCUT2D eigenvalue weighted by molar-refractivity contribution is -0.123. The molecule has 1 aliphatic heterocycles. The van der Waals surface area contributed by atoms with Gasteiger partial charge in [-0.2, -0.15) is 10.2 Å². The molecule has 10 heteroatoms. The number of carboxylic acid groups (broad SMARTS) is 1. The molecule has 29 heavy (non-hydrogen) atoms. The van der Waals surface area contributed by atoms with Crippen LogP contribution in [-0.2, 0) is 11.3 Å². The molecule has 2 aliphatic rings. The molecule has 1 atom stereocenters. The minimum atomic E-state index is -0.985. The van der Waals surface area contributed by atoms with Gasteiger partial charge in [0.15, 0.2) is 5.82 Å². The Labute approximate surface area is 167 Å². The third-order valence-corrected chi connectivity index (χ3v) is 5.48. The van der Waals surface area contributed by atoms with Gasteiger partial charge in [-0.3, -0.25) is 9.59 Å². The first-order chi connectivity index (χ1) is 13.8. The molecule has 0 bridgehead atoms. The molecule has 1 saturated heterocycles. The molecule has 1 saturated carbocycles. The summed E-state index contributed by atoms with van der Waals surface area (Å²) in [5, 5.41) is 21.0. The second kappa shape index (κ2) is 7.49. The fraction of sp³-hybridized carbons (Fsp3) is 0.632. The quantitative estimate of drug-likeness (QED) is 0.774. The Balaban J connectivity index is 1.55. The SMILES string of the molecule is CC(C)c1nn(CC(=O)N[C@@H]2CCCN(C(=O)O)C2)c(=O)c2cc(C3CC3)nn12. The normalized spacial score (nSPS) is 19.7. The predicted octanol–water partition coefficient (Wildman–Crippen LogP) is 1.15. The van der Waals surface area contributed by atoms with E-state index in [0.29, 0.717) is 36.6 Å². The number of amides is 2. The molecule has 0 spiro atoms. The van der Waals surface area contributed by atoms with E-state index < -0.39 is 6.09 Å². The third-order valence-electron chi connectivity index (χ3n) is 5.48. The summed E-state index contributed by atoms with van der Waals surface area (Å²) < 4.78 is 2.80. The zero-order valence-electron chi connectivity index (χ0n) is 16.7. The number of hydrogen-bond acceptors (Lipinski definition) is 5. The van der Waals surface area contributed by atoms with Gasteiger partial charge in [0.2, 0.25) is 5.91 Å². The summed E-state index contributed by atoms with van der Waals surface area (Å²) in [6.45, 7) is 4.46. The Kier molecular flexibility index (Phi) is 5.01. The highest BCUT2D eigenvalue weighted by molar-refractivity contribution is 5.76. The predicted molar refractivity (Wildman–Crippen MR) is 104 cm³/mol. The average molecular weight is 402 g/mol. The lowest BCUT2D eigenvalue weighted by atomic mass is 10.1. The number of nitrogens with zero attached hydrogens (tertiary/aromatic N) is 5. The van der Waals surface area contributed by atoms with Gasteiger partial charge in [0.1, 0.15) is 12.1 Å². The summed E-state index contributed by atoms with van der Waals surface area (Å²) >= 11 is 0. The van der Waals surface area contributed by atoms with Crippen molar-refractivity contribution in [1.82, 2.24) is 29.6 Å². The van der Waals surface area contributed by atoms with E-state index in [9.17, 15) is 14.4 Å². The summed E-state index contributed by atoms with van der Waals surface area (Å²) in [5.41, 5.74) is 0.997. The minimum absolute atomic E-state index is 0.0295. The van der Waals surface area contributed by atoms with E-state index in [-0.39, 0.29) is 36.5 Å². The maximum atomic E-state index is 12.9. The fourth-order valence-electron chi connectivity index (χ4n) is 3.79. The second-order valence-corrected chi connectivity index (χ2v) is 8.25. The van der Waals surface area contributed by atoms with Crippen molar-refractivity contribution in [2.45, 2.75) is 64.0 Å². The van der Waals surface area contributed by atoms with E-state index in [1.165, 1.54) is 9.58 Å². The number of aromatic nitrogens is 4. The van der Waals surface area contributed by atoms with Crippen molar-refractivity contribution in [2.24, 2.45) is 0 Å². The zero-order chi connectivity index (χ0) is 20.7. The van der Waals surface area contributed by atoms with Crippen molar-refractivity contribution >= 4 is 17.5 Å². The highest BCUT2D eigenvalue weighted by Crippen LogP contribution is 2.39. The van der Waals surface area contributed by atoms with Gasteiger partial charge in [0, 0.05) is 31.0 Å². The number of carbonyl (C=O) groups is 2. The topological polar surface area (TPSA) is 122 Å². The monoisotopic (exact) mass is 402 g/mol. The van der Waals surface area contributed by atoms with Crippen molar-refractivity contribution in [3.63, 3.8) is 0 Å². The van der Waals surface area contributed by atoms with Gasteiger partial charge < -0.3 is 15.3 Å².